The van der Waals surface area contributed by atoms with E-state index in [-0.39, 0.29) is 48.8 Å². The molecule has 1 unspecified atom stereocenters. The van der Waals surface area contributed by atoms with E-state index >= 15 is 0 Å². The molecule has 0 aromatic heterocycles. The highest BCUT2D eigenvalue weighted by Crippen LogP contribution is 2.07. The third-order valence-electron chi connectivity index (χ3n) is 2.67. The summed E-state index contributed by atoms with van der Waals surface area (Å²) in [6.07, 6.45) is 0.961. The van der Waals surface area contributed by atoms with Gasteiger partial charge < -0.3 is 11.1 Å². The van der Waals surface area contributed by atoms with Gasteiger partial charge in [0.25, 0.3) is 0 Å². The number of hydrogen-bond donors (Lipinski definition) is 2. The van der Waals surface area contributed by atoms with Gasteiger partial charge in [-0.15, -0.1) is 12.4 Å². The lowest BCUT2D eigenvalue weighted by Crippen LogP contribution is -2.29. The van der Waals surface area contributed by atoms with Crippen LogP contribution in [0.4, 0.5) is 4.39 Å². The maximum atomic E-state index is 12.7. The number of nitrogens with two attached hydrogens (primary N) is 1. The van der Waals surface area contributed by atoms with Crippen molar-refractivity contribution >= 4 is 24.1 Å². The lowest BCUT2D eigenvalue weighted by Gasteiger charge is -2.07. The van der Waals surface area contributed by atoms with Crippen LogP contribution in [0.25, 0.3) is 0 Å². The molecule has 0 aliphatic rings. The van der Waals surface area contributed by atoms with Gasteiger partial charge in [-0.25, -0.2) is 4.39 Å². The van der Waals surface area contributed by atoms with Gasteiger partial charge in [0.05, 0.1) is 0 Å². The number of halogens is 2. The fourth-order valence-electron chi connectivity index (χ4n) is 1.53. The summed E-state index contributed by atoms with van der Waals surface area (Å²) < 4.78 is 12.7. The highest BCUT2D eigenvalue weighted by molar-refractivity contribution is 5.97. The van der Waals surface area contributed by atoms with Crippen LogP contribution >= 0.6 is 12.4 Å². The molecule has 3 N–H and O–H groups in total. The average molecular weight is 303 g/mol. The van der Waals surface area contributed by atoms with Gasteiger partial charge >= 0.3 is 0 Å². The van der Waals surface area contributed by atoms with Crippen molar-refractivity contribution in [1.29, 1.82) is 0 Å². The first-order valence-corrected chi connectivity index (χ1v) is 6.30. The summed E-state index contributed by atoms with van der Waals surface area (Å²) in [5, 5.41) is 2.70. The summed E-state index contributed by atoms with van der Waals surface area (Å²) in [6, 6.07) is 5.35. The maximum absolute atomic E-state index is 12.7. The van der Waals surface area contributed by atoms with Crippen molar-refractivity contribution in [2.75, 3.05) is 6.54 Å². The lowest BCUT2D eigenvalue weighted by molar-refractivity contribution is -0.121. The van der Waals surface area contributed by atoms with Crippen molar-refractivity contribution in [3.63, 3.8) is 0 Å². The molecule has 0 saturated carbocycles. The second-order valence-electron chi connectivity index (χ2n) is 4.55. The smallest absolute Gasteiger partial charge is 0.220 e. The van der Waals surface area contributed by atoms with E-state index in [1.807, 2.05) is 6.92 Å². The molecule has 1 amide bonds. The molecule has 1 aromatic rings. The number of rotatable bonds is 7. The molecule has 0 fully saturated rings. The molecule has 1 rings (SSSR count). The number of hydrogen-bond acceptors (Lipinski definition) is 3. The van der Waals surface area contributed by atoms with Crippen molar-refractivity contribution in [3.05, 3.63) is 35.6 Å². The van der Waals surface area contributed by atoms with Crippen molar-refractivity contribution in [3.8, 4) is 0 Å². The summed E-state index contributed by atoms with van der Waals surface area (Å²) in [7, 11) is 0. The van der Waals surface area contributed by atoms with Gasteiger partial charge in [0.15, 0.2) is 5.78 Å². The van der Waals surface area contributed by atoms with Crippen molar-refractivity contribution in [1.82, 2.24) is 5.32 Å². The molecule has 4 nitrogen and oxygen atoms in total. The highest BCUT2D eigenvalue weighted by atomic mass is 35.5. The summed E-state index contributed by atoms with van der Waals surface area (Å²) in [5.41, 5.74) is 5.97. The number of amides is 1. The molecule has 0 bridgehead atoms. The van der Waals surface area contributed by atoms with E-state index in [0.29, 0.717) is 18.5 Å². The molecule has 0 aliphatic carbocycles. The van der Waals surface area contributed by atoms with E-state index in [0.717, 1.165) is 0 Å². The van der Waals surface area contributed by atoms with E-state index in [2.05, 4.69) is 5.32 Å². The topological polar surface area (TPSA) is 72.2 Å². The summed E-state index contributed by atoms with van der Waals surface area (Å²) >= 11 is 0. The molecule has 0 aliphatic heterocycles. The Hall–Kier alpha value is -1.46. The first-order chi connectivity index (χ1) is 8.99. The number of ketones is 1. The van der Waals surface area contributed by atoms with Crippen LogP contribution in [0, 0.1) is 5.82 Å². The second kappa shape index (κ2) is 9.44. The SMILES string of the molecule is CC(N)CCNC(=O)CCC(=O)c1ccc(F)cc1.Cl. The predicted octanol–water partition coefficient (Wildman–Crippen LogP) is 2.06. The van der Waals surface area contributed by atoms with E-state index in [1.165, 1.54) is 24.3 Å². The van der Waals surface area contributed by atoms with Crippen LogP contribution in [-0.2, 0) is 4.79 Å². The molecule has 0 radical (unpaired) electrons. The van der Waals surface area contributed by atoms with E-state index < -0.39 is 0 Å². The minimum Gasteiger partial charge on any atom is -0.356 e. The second-order valence-corrected chi connectivity index (χ2v) is 4.55. The Bertz CT molecular complexity index is 435. The molecule has 1 aromatic carbocycles. The average Bonchev–Trinajstić information content (AvgIpc) is 2.36. The maximum Gasteiger partial charge on any atom is 0.220 e. The normalized spacial score (nSPS) is 11.3. The number of benzene rings is 1. The van der Waals surface area contributed by atoms with Gasteiger partial charge in [-0.3, -0.25) is 9.59 Å². The minimum absolute atomic E-state index is 0. The van der Waals surface area contributed by atoms with Gasteiger partial charge in [0.2, 0.25) is 5.91 Å². The predicted molar refractivity (Wildman–Crippen MR) is 78.5 cm³/mol. The fraction of sp³-hybridized carbons (Fsp3) is 0.429. The first-order valence-electron chi connectivity index (χ1n) is 6.30. The number of carbonyl (C=O) groups excluding carboxylic acids is 2. The quantitative estimate of drug-likeness (QED) is 0.757. The lowest BCUT2D eigenvalue weighted by atomic mass is 10.1. The highest BCUT2D eigenvalue weighted by Gasteiger charge is 2.09. The van der Waals surface area contributed by atoms with Crippen LogP contribution in [0.3, 0.4) is 0 Å². The number of carbonyl (C=O) groups is 2. The Balaban J connectivity index is 0.00000361. The van der Waals surface area contributed by atoms with Crippen molar-refractivity contribution in [2.45, 2.75) is 32.2 Å². The number of nitrogens with one attached hydrogen (secondary N) is 1. The van der Waals surface area contributed by atoms with Gasteiger partial charge in [-0.1, -0.05) is 0 Å². The van der Waals surface area contributed by atoms with Crippen LogP contribution in [0.15, 0.2) is 24.3 Å². The zero-order valence-corrected chi connectivity index (χ0v) is 12.2. The Morgan fingerprint density at radius 1 is 1.25 bits per heavy atom. The minimum atomic E-state index is -0.384. The van der Waals surface area contributed by atoms with Crippen LogP contribution in [0.2, 0.25) is 0 Å². The van der Waals surface area contributed by atoms with Crippen LogP contribution < -0.4 is 11.1 Å². The largest absolute Gasteiger partial charge is 0.356 e. The van der Waals surface area contributed by atoms with E-state index in [4.69, 9.17) is 5.73 Å². The molecule has 0 saturated heterocycles. The summed E-state index contributed by atoms with van der Waals surface area (Å²) in [5.74, 6) is -0.719. The molecule has 0 spiro atoms. The zero-order chi connectivity index (χ0) is 14.3. The van der Waals surface area contributed by atoms with E-state index in [9.17, 15) is 14.0 Å². The molecule has 112 valence electrons. The molecule has 0 heterocycles. The molecule has 6 heteroatoms. The monoisotopic (exact) mass is 302 g/mol. The Kier molecular flexibility index (Phi) is 8.76. The molecular weight excluding hydrogens is 283 g/mol. The number of Topliss-reactive ketones (excluding diaryl/α,β-unsaturated/α-hetero) is 1. The molecule has 20 heavy (non-hydrogen) atoms. The first kappa shape index (κ1) is 18.5. The molecule has 1 atom stereocenters. The zero-order valence-electron chi connectivity index (χ0n) is 11.4. The summed E-state index contributed by atoms with van der Waals surface area (Å²) in [4.78, 5) is 23.2. The van der Waals surface area contributed by atoms with Gasteiger partial charge in [-0.2, -0.15) is 0 Å². The van der Waals surface area contributed by atoms with Gasteiger partial charge in [0, 0.05) is 31.0 Å². The van der Waals surface area contributed by atoms with Crippen LogP contribution in [0.1, 0.15) is 36.5 Å². The Morgan fingerprint density at radius 2 is 1.85 bits per heavy atom. The Labute approximate surface area is 124 Å². The third kappa shape index (κ3) is 7.21. The standard InChI is InChI=1S/C14H19FN2O2.ClH/c1-10(16)8-9-17-14(19)7-6-13(18)11-2-4-12(15)5-3-11;/h2-5,10H,6-9,16H2,1H3,(H,17,19);1H. The third-order valence-corrected chi connectivity index (χ3v) is 2.67. The summed E-state index contributed by atoms with van der Waals surface area (Å²) in [6.45, 7) is 2.38. The van der Waals surface area contributed by atoms with E-state index in [1.54, 1.807) is 0 Å². The van der Waals surface area contributed by atoms with Crippen molar-refractivity contribution < 1.29 is 14.0 Å². The molecular formula is C14H20ClFN2O2. The fourth-order valence-corrected chi connectivity index (χ4v) is 1.53. The van der Waals surface area contributed by atoms with Crippen molar-refractivity contribution in [2.24, 2.45) is 5.73 Å². The van der Waals surface area contributed by atoms with Crippen LogP contribution in [-0.4, -0.2) is 24.3 Å². The van der Waals surface area contributed by atoms with Crippen LogP contribution in [0.5, 0.6) is 0 Å². The van der Waals surface area contributed by atoms with Gasteiger partial charge in [0.1, 0.15) is 5.82 Å². The van der Waals surface area contributed by atoms with Gasteiger partial charge in [-0.05, 0) is 37.6 Å². The Morgan fingerprint density at radius 3 is 2.40 bits per heavy atom.